The van der Waals surface area contributed by atoms with Crippen molar-refractivity contribution in [1.82, 2.24) is 0 Å². The molecule has 19 heavy (non-hydrogen) atoms. The lowest BCUT2D eigenvalue weighted by molar-refractivity contribution is 0.650. The fourth-order valence-electron chi connectivity index (χ4n) is 2.11. The molecule has 0 aliphatic rings. The minimum absolute atomic E-state index is 0.0191. The second kappa shape index (κ2) is 6.42. The maximum absolute atomic E-state index is 6.21. The fourth-order valence-corrected chi connectivity index (χ4v) is 2.42. The van der Waals surface area contributed by atoms with E-state index < -0.39 is 0 Å². The Balaban J connectivity index is 2.03. The van der Waals surface area contributed by atoms with Crippen LogP contribution >= 0.6 is 23.2 Å². The topological polar surface area (TPSA) is 26.0 Å². The molecule has 0 aliphatic heterocycles. The Hall–Kier alpha value is -1.02. The van der Waals surface area contributed by atoms with Crippen molar-refractivity contribution in [2.24, 2.45) is 5.73 Å². The van der Waals surface area contributed by atoms with Gasteiger partial charge in [-0.15, -0.1) is 0 Å². The Bertz CT molecular complexity index is 566. The van der Waals surface area contributed by atoms with Crippen LogP contribution in [0.2, 0.25) is 10.0 Å². The van der Waals surface area contributed by atoms with Gasteiger partial charge in [0.15, 0.2) is 0 Å². The van der Waals surface area contributed by atoms with Crippen LogP contribution < -0.4 is 5.73 Å². The standard InChI is InChI=1S/C16H17Cl2N/c1-11-4-2-3-5-12(11)7-9-16(19)13-6-8-14(17)15(18)10-13/h2-6,8,10,16H,7,9,19H2,1H3. The van der Waals surface area contributed by atoms with Crippen molar-refractivity contribution in [2.45, 2.75) is 25.8 Å². The maximum atomic E-state index is 6.21. The molecule has 2 aromatic carbocycles. The highest BCUT2D eigenvalue weighted by molar-refractivity contribution is 6.42. The van der Waals surface area contributed by atoms with Gasteiger partial charge < -0.3 is 5.73 Å². The van der Waals surface area contributed by atoms with Crippen molar-refractivity contribution in [2.75, 3.05) is 0 Å². The summed E-state index contributed by atoms with van der Waals surface area (Å²) in [5, 5.41) is 1.13. The molecule has 0 heterocycles. The van der Waals surface area contributed by atoms with Crippen LogP contribution in [0.4, 0.5) is 0 Å². The Morgan fingerprint density at radius 3 is 2.47 bits per heavy atom. The van der Waals surface area contributed by atoms with Crippen LogP contribution in [0.1, 0.15) is 29.2 Å². The molecule has 0 saturated carbocycles. The van der Waals surface area contributed by atoms with Gasteiger partial charge in [0.05, 0.1) is 10.0 Å². The molecule has 0 aromatic heterocycles. The maximum Gasteiger partial charge on any atom is 0.0595 e. The normalized spacial score (nSPS) is 12.4. The molecule has 0 fully saturated rings. The molecule has 2 rings (SSSR count). The smallest absolute Gasteiger partial charge is 0.0595 e. The van der Waals surface area contributed by atoms with E-state index in [9.17, 15) is 0 Å². The summed E-state index contributed by atoms with van der Waals surface area (Å²) in [4.78, 5) is 0. The molecule has 0 saturated heterocycles. The number of halogens is 2. The van der Waals surface area contributed by atoms with Gasteiger partial charge in [-0.3, -0.25) is 0 Å². The highest BCUT2D eigenvalue weighted by Gasteiger charge is 2.09. The number of benzene rings is 2. The SMILES string of the molecule is Cc1ccccc1CCC(N)c1ccc(Cl)c(Cl)c1. The van der Waals surface area contributed by atoms with Gasteiger partial charge in [0.2, 0.25) is 0 Å². The van der Waals surface area contributed by atoms with Crippen LogP contribution in [-0.2, 0) is 6.42 Å². The van der Waals surface area contributed by atoms with E-state index in [-0.39, 0.29) is 6.04 Å². The van der Waals surface area contributed by atoms with Gasteiger partial charge in [0.1, 0.15) is 0 Å². The molecule has 2 aromatic rings. The first-order valence-electron chi connectivity index (χ1n) is 6.33. The Morgan fingerprint density at radius 2 is 1.79 bits per heavy atom. The number of rotatable bonds is 4. The van der Waals surface area contributed by atoms with E-state index in [0.29, 0.717) is 10.0 Å². The molecule has 1 unspecified atom stereocenters. The minimum atomic E-state index is -0.0191. The van der Waals surface area contributed by atoms with Crippen molar-refractivity contribution in [1.29, 1.82) is 0 Å². The third-order valence-electron chi connectivity index (χ3n) is 3.36. The molecule has 2 N–H and O–H groups in total. The highest BCUT2D eigenvalue weighted by Crippen LogP contribution is 2.26. The van der Waals surface area contributed by atoms with Crippen LogP contribution in [0.5, 0.6) is 0 Å². The summed E-state index contributed by atoms with van der Waals surface area (Å²) in [6.07, 6.45) is 1.86. The molecule has 0 bridgehead atoms. The predicted octanol–water partition coefficient (Wildman–Crippen LogP) is 4.93. The van der Waals surface area contributed by atoms with Crippen molar-refractivity contribution in [3.8, 4) is 0 Å². The highest BCUT2D eigenvalue weighted by atomic mass is 35.5. The quantitative estimate of drug-likeness (QED) is 0.849. The van der Waals surface area contributed by atoms with Crippen molar-refractivity contribution >= 4 is 23.2 Å². The van der Waals surface area contributed by atoms with Crippen LogP contribution in [0.25, 0.3) is 0 Å². The number of hydrogen-bond donors (Lipinski definition) is 1. The van der Waals surface area contributed by atoms with E-state index in [1.54, 1.807) is 6.07 Å². The minimum Gasteiger partial charge on any atom is -0.324 e. The zero-order chi connectivity index (χ0) is 13.8. The van der Waals surface area contributed by atoms with Gasteiger partial charge in [0, 0.05) is 6.04 Å². The Labute approximate surface area is 124 Å². The lowest BCUT2D eigenvalue weighted by Gasteiger charge is -2.13. The van der Waals surface area contributed by atoms with Crippen molar-refractivity contribution < 1.29 is 0 Å². The fraction of sp³-hybridized carbons (Fsp3) is 0.250. The van der Waals surface area contributed by atoms with Gasteiger partial charge in [-0.05, 0) is 48.6 Å². The molecule has 0 amide bonds. The summed E-state index contributed by atoms with van der Waals surface area (Å²) in [5.74, 6) is 0. The predicted molar refractivity (Wildman–Crippen MR) is 82.9 cm³/mol. The largest absolute Gasteiger partial charge is 0.324 e. The Morgan fingerprint density at radius 1 is 1.05 bits per heavy atom. The molecule has 0 spiro atoms. The average molecular weight is 294 g/mol. The first-order valence-corrected chi connectivity index (χ1v) is 7.08. The molecule has 100 valence electrons. The second-order valence-electron chi connectivity index (χ2n) is 4.75. The van der Waals surface area contributed by atoms with Crippen LogP contribution in [0, 0.1) is 6.92 Å². The summed E-state index contributed by atoms with van der Waals surface area (Å²) in [6, 6.07) is 14.0. The van der Waals surface area contributed by atoms with Crippen LogP contribution in [-0.4, -0.2) is 0 Å². The average Bonchev–Trinajstić information content (AvgIpc) is 2.40. The third kappa shape index (κ3) is 3.73. The van der Waals surface area contributed by atoms with E-state index >= 15 is 0 Å². The number of aryl methyl sites for hydroxylation is 2. The molecule has 3 heteroatoms. The van der Waals surface area contributed by atoms with Gasteiger partial charge in [-0.2, -0.15) is 0 Å². The zero-order valence-corrected chi connectivity index (χ0v) is 12.4. The van der Waals surface area contributed by atoms with E-state index in [1.807, 2.05) is 12.1 Å². The van der Waals surface area contributed by atoms with E-state index in [4.69, 9.17) is 28.9 Å². The monoisotopic (exact) mass is 293 g/mol. The number of nitrogens with two attached hydrogens (primary N) is 1. The molecule has 0 aliphatic carbocycles. The second-order valence-corrected chi connectivity index (χ2v) is 5.56. The lowest BCUT2D eigenvalue weighted by Crippen LogP contribution is -2.11. The molecular formula is C16H17Cl2N. The number of hydrogen-bond acceptors (Lipinski definition) is 1. The van der Waals surface area contributed by atoms with Crippen molar-refractivity contribution in [3.63, 3.8) is 0 Å². The molecule has 1 atom stereocenters. The lowest BCUT2D eigenvalue weighted by atomic mass is 9.97. The molecule has 1 nitrogen and oxygen atoms in total. The van der Waals surface area contributed by atoms with Gasteiger partial charge >= 0.3 is 0 Å². The first-order chi connectivity index (χ1) is 9.08. The first kappa shape index (κ1) is 14.4. The summed E-state index contributed by atoms with van der Waals surface area (Å²) in [6.45, 7) is 2.13. The third-order valence-corrected chi connectivity index (χ3v) is 4.10. The molecule has 0 radical (unpaired) electrons. The van der Waals surface area contributed by atoms with Crippen LogP contribution in [0.3, 0.4) is 0 Å². The summed E-state index contributed by atoms with van der Waals surface area (Å²) in [5.41, 5.74) is 9.90. The summed E-state index contributed by atoms with van der Waals surface area (Å²) in [7, 11) is 0. The Kier molecular flexibility index (Phi) is 4.87. The summed E-state index contributed by atoms with van der Waals surface area (Å²) >= 11 is 11.9. The van der Waals surface area contributed by atoms with E-state index in [2.05, 4.69) is 31.2 Å². The van der Waals surface area contributed by atoms with Gasteiger partial charge in [0.25, 0.3) is 0 Å². The summed E-state index contributed by atoms with van der Waals surface area (Å²) < 4.78 is 0. The molecular weight excluding hydrogens is 277 g/mol. The van der Waals surface area contributed by atoms with Crippen LogP contribution in [0.15, 0.2) is 42.5 Å². The van der Waals surface area contributed by atoms with Gasteiger partial charge in [-0.1, -0.05) is 53.5 Å². The van der Waals surface area contributed by atoms with Crippen molar-refractivity contribution in [3.05, 3.63) is 69.2 Å². The zero-order valence-electron chi connectivity index (χ0n) is 10.9. The van der Waals surface area contributed by atoms with Gasteiger partial charge in [-0.25, -0.2) is 0 Å². The van der Waals surface area contributed by atoms with E-state index in [0.717, 1.165) is 18.4 Å². The van der Waals surface area contributed by atoms with E-state index in [1.165, 1.54) is 11.1 Å².